The van der Waals surface area contributed by atoms with Crippen LogP contribution in [0.1, 0.15) is 33.0 Å². The number of piperazine rings is 1. The smallest absolute Gasteiger partial charge is 0.255 e. The van der Waals surface area contributed by atoms with Crippen LogP contribution >= 0.6 is 23.2 Å². The zero-order chi connectivity index (χ0) is 23.5. The molecule has 1 amide bonds. The molecule has 6 nitrogen and oxygen atoms in total. The average molecular weight is 485 g/mol. The zero-order valence-electron chi connectivity index (χ0n) is 18.9. The van der Waals surface area contributed by atoms with E-state index in [0.717, 1.165) is 35.1 Å². The van der Waals surface area contributed by atoms with Gasteiger partial charge in [-0.3, -0.25) is 4.79 Å². The van der Waals surface area contributed by atoms with Crippen LogP contribution in [-0.2, 0) is 6.42 Å². The van der Waals surface area contributed by atoms with Crippen molar-refractivity contribution in [1.82, 2.24) is 14.9 Å². The number of hydrogen-bond donors (Lipinski definition) is 0. The van der Waals surface area contributed by atoms with Gasteiger partial charge in [-0.1, -0.05) is 35.3 Å². The molecule has 0 spiro atoms. The number of aromatic nitrogens is 2. The molecule has 0 atom stereocenters. The predicted octanol–water partition coefficient (Wildman–Crippen LogP) is 4.96. The number of benzene rings is 2. The van der Waals surface area contributed by atoms with Crippen LogP contribution < -0.4 is 9.64 Å². The third-order valence-corrected chi connectivity index (χ3v) is 6.42. The van der Waals surface area contributed by atoms with Gasteiger partial charge >= 0.3 is 0 Å². The van der Waals surface area contributed by atoms with Gasteiger partial charge in [0.2, 0.25) is 0 Å². The molecule has 0 bridgehead atoms. The number of rotatable bonds is 5. The third-order valence-electron chi connectivity index (χ3n) is 5.87. The number of halogens is 2. The maximum atomic E-state index is 13.0. The molecule has 33 heavy (non-hydrogen) atoms. The minimum Gasteiger partial charge on any atom is -0.497 e. The summed E-state index contributed by atoms with van der Waals surface area (Å²) in [7, 11) is 1.66. The van der Waals surface area contributed by atoms with Gasteiger partial charge in [0.15, 0.2) is 0 Å². The number of methoxy groups -OCH3 is 1. The van der Waals surface area contributed by atoms with Crippen molar-refractivity contribution in [3.05, 3.63) is 80.7 Å². The molecular weight excluding hydrogens is 459 g/mol. The summed E-state index contributed by atoms with van der Waals surface area (Å²) in [6.07, 6.45) is 0.727. The van der Waals surface area contributed by atoms with Crippen molar-refractivity contribution in [2.45, 2.75) is 20.3 Å². The largest absolute Gasteiger partial charge is 0.497 e. The molecule has 0 N–H and O–H groups in total. The minimum absolute atomic E-state index is 0.0789. The summed E-state index contributed by atoms with van der Waals surface area (Å²) in [6.45, 7) is 6.48. The van der Waals surface area contributed by atoms with Gasteiger partial charge in [0.05, 0.1) is 17.7 Å². The van der Waals surface area contributed by atoms with Gasteiger partial charge in [0, 0.05) is 48.9 Å². The predicted molar refractivity (Wildman–Crippen MR) is 132 cm³/mol. The van der Waals surface area contributed by atoms with Crippen LogP contribution in [0.5, 0.6) is 5.75 Å². The van der Waals surface area contributed by atoms with Crippen LogP contribution in [0.4, 0.5) is 5.82 Å². The molecule has 1 fully saturated rings. The van der Waals surface area contributed by atoms with Crippen molar-refractivity contribution in [1.29, 1.82) is 0 Å². The molecule has 1 saturated heterocycles. The number of carbonyl (C=O) groups is 1. The highest BCUT2D eigenvalue weighted by molar-refractivity contribution is 6.36. The van der Waals surface area contributed by atoms with E-state index in [-0.39, 0.29) is 5.91 Å². The lowest BCUT2D eigenvalue weighted by Crippen LogP contribution is -2.49. The van der Waals surface area contributed by atoms with E-state index in [1.54, 1.807) is 25.3 Å². The Morgan fingerprint density at radius 3 is 2.33 bits per heavy atom. The second-order valence-electron chi connectivity index (χ2n) is 8.09. The highest BCUT2D eigenvalue weighted by Gasteiger charge is 2.26. The van der Waals surface area contributed by atoms with Crippen LogP contribution in [0.15, 0.2) is 42.5 Å². The lowest BCUT2D eigenvalue weighted by Gasteiger charge is -2.36. The SMILES string of the molecule is COc1ccc(Cc2c(C)nc(C)nc2N2CCN(C(=O)c3ccc(Cl)cc3Cl)CC2)cc1. The quantitative estimate of drug-likeness (QED) is 0.511. The summed E-state index contributed by atoms with van der Waals surface area (Å²) in [4.78, 5) is 26.5. The zero-order valence-corrected chi connectivity index (χ0v) is 20.5. The van der Waals surface area contributed by atoms with Crippen molar-refractivity contribution in [3.8, 4) is 5.75 Å². The Morgan fingerprint density at radius 1 is 1.00 bits per heavy atom. The van der Waals surface area contributed by atoms with E-state index in [2.05, 4.69) is 22.0 Å². The molecule has 0 unspecified atom stereocenters. The second-order valence-corrected chi connectivity index (χ2v) is 8.93. The molecule has 0 aliphatic carbocycles. The molecule has 172 valence electrons. The summed E-state index contributed by atoms with van der Waals surface area (Å²) >= 11 is 12.2. The molecule has 1 aromatic heterocycles. The summed E-state index contributed by atoms with van der Waals surface area (Å²) in [5.41, 5.74) is 3.72. The van der Waals surface area contributed by atoms with Crippen LogP contribution in [0, 0.1) is 13.8 Å². The fourth-order valence-electron chi connectivity index (χ4n) is 4.09. The van der Waals surface area contributed by atoms with Gasteiger partial charge in [0.25, 0.3) is 5.91 Å². The van der Waals surface area contributed by atoms with E-state index in [1.807, 2.05) is 30.9 Å². The second kappa shape index (κ2) is 9.98. The van der Waals surface area contributed by atoms with Gasteiger partial charge in [-0.2, -0.15) is 0 Å². The molecule has 0 saturated carbocycles. The summed E-state index contributed by atoms with van der Waals surface area (Å²) in [6, 6.07) is 13.0. The van der Waals surface area contributed by atoms with Crippen molar-refractivity contribution < 1.29 is 9.53 Å². The van der Waals surface area contributed by atoms with E-state index >= 15 is 0 Å². The number of amides is 1. The molecule has 4 rings (SSSR count). The molecule has 1 aliphatic rings. The number of ether oxygens (including phenoxy) is 1. The molecule has 8 heteroatoms. The Labute approximate surface area is 204 Å². The first-order chi connectivity index (χ1) is 15.9. The first kappa shape index (κ1) is 23.3. The van der Waals surface area contributed by atoms with Crippen molar-refractivity contribution in [2.24, 2.45) is 0 Å². The monoisotopic (exact) mass is 484 g/mol. The molecule has 2 aromatic carbocycles. The Hall–Kier alpha value is -2.83. The van der Waals surface area contributed by atoms with Crippen LogP contribution in [0.3, 0.4) is 0 Å². The van der Waals surface area contributed by atoms with Crippen LogP contribution in [-0.4, -0.2) is 54.1 Å². The fraction of sp³-hybridized carbons (Fsp3) is 0.320. The minimum atomic E-state index is -0.0789. The van der Waals surface area contributed by atoms with E-state index in [0.29, 0.717) is 41.8 Å². The van der Waals surface area contributed by atoms with E-state index < -0.39 is 0 Å². The number of hydrogen-bond acceptors (Lipinski definition) is 5. The maximum absolute atomic E-state index is 13.0. The van der Waals surface area contributed by atoms with Gasteiger partial charge in [-0.25, -0.2) is 9.97 Å². The average Bonchev–Trinajstić information content (AvgIpc) is 2.81. The summed E-state index contributed by atoms with van der Waals surface area (Å²) < 4.78 is 5.27. The summed E-state index contributed by atoms with van der Waals surface area (Å²) in [5.74, 6) is 2.43. The van der Waals surface area contributed by atoms with Crippen molar-refractivity contribution in [2.75, 3.05) is 38.2 Å². The Morgan fingerprint density at radius 2 is 1.70 bits per heavy atom. The molecule has 3 aromatic rings. The van der Waals surface area contributed by atoms with Crippen molar-refractivity contribution >= 4 is 34.9 Å². The molecule has 0 radical (unpaired) electrons. The lowest BCUT2D eigenvalue weighted by molar-refractivity contribution is 0.0746. The number of carbonyl (C=O) groups excluding carboxylic acids is 1. The highest BCUT2D eigenvalue weighted by atomic mass is 35.5. The molecule has 1 aliphatic heterocycles. The van der Waals surface area contributed by atoms with E-state index in [1.165, 1.54) is 5.56 Å². The first-order valence-corrected chi connectivity index (χ1v) is 11.6. The number of aryl methyl sites for hydroxylation is 2. The van der Waals surface area contributed by atoms with E-state index in [4.69, 9.17) is 32.9 Å². The number of anilines is 1. The number of nitrogens with zero attached hydrogens (tertiary/aromatic N) is 4. The maximum Gasteiger partial charge on any atom is 0.255 e. The van der Waals surface area contributed by atoms with Gasteiger partial charge in [0.1, 0.15) is 17.4 Å². The Bertz CT molecular complexity index is 1160. The first-order valence-electron chi connectivity index (χ1n) is 10.8. The van der Waals surface area contributed by atoms with Gasteiger partial charge in [-0.05, 0) is 49.7 Å². The van der Waals surface area contributed by atoms with Crippen LogP contribution in [0.2, 0.25) is 10.0 Å². The highest BCUT2D eigenvalue weighted by Crippen LogP contribution is 2.27. The van der Waals surface area contributed by atoms with Crippen LogP contribution in [0.25, 0.3) is 0 Å². The molecular formula is C25H26Cl2N4O2. The molecule has 2 heterocycles. The van der Waals surface area contributed by atoms with E-state index in [9.17, 15) is 4.79 Å². The van der Waals surface area contributed by atoms with Gasteiger partial charge < -0.3 is 14.5 Å². The normalized spacial score (nSPS) is 13.8. The summed E-state index contributed by atoms with van der Waals surface area (Å²) in [5, 5.41) is 0.888. The third kappa shape index (κ3) is 5.23. The Balaban J connectivity index is 1.52. The standard InChI is InChI=1S/C25H26Cl2N4O2/c1-16-22(14-18-4-7-20(33-3)8-5-18)24(29-17(2)28-16)30-10-12-31(13-11-30)25(32)21-9-6-19(26)15-23(21)27/h4-9,15H,10-14H2,1-3H3. The Kier molecular flexibility index (Phi) is 7.05. The van der Waals surface area contributed by atoms with Crippen molar-refractivity contribution in [3.63, 3.8) is 0 Å². The topological polar surface area (TPSA) is 58.6 Å². The lowest BCUT2D eigenvalue weighted by atomic mass is 10.0. The fourth-order valence-corrected chi connectivity index (χ4v) is 4.58. The van der Waals surface area contributed by atoms with Gasteiger partial charge in [-0.15, -0.1) is 0 Å².